The lowest BCUT2D eigenvalue weighted by Crippen LogP contribution is -2.24. The number of aliphatic hydroxyl groups is 1. The van der Waals surface area contributed by atoms with E-state index in [9.17, 15) is 9.90 Å². The van der Waals surface area contributed by atoms with E-state index in [0.29, 0.717) is 6.42 Å². The predicted molar refractivity (Wildman–Crippen MR) is 50.4 cm³/mol. The van der Waals surface area contributed by atoms with Crippen molar-refractivity contribution in [1.29, 1.82) is 0 Å². The first kappa shape index (κ1) is 8.95. The number of ketones is 1. The third kappa shape index (κ3) is 1.44. The molecular weight excluding hydrogens is 164 g/mol. The van der Waals surface area contributed by atoms with Crippen LogP contribution in [0.25, 0.3) is 0 Å². The van der Waals surface area contributed by atoms with E-state index in [0.717, 1.165) is 36.8 Å². The zero-order valence-corrected chi connectivity index (χ0v) is 8.10. The molecule has 0 aromatic rings. The minimum absolute atomic E-state index is 0.182. The van der Waals surface area contributed by atoms with Gasteiger partial charge in [0.2, 0.25) is 0 Å². The van der Waals surface area contributed by atoms with Gasteiger partial charge in [-0.3, -0.25) is 4.79 Å². The van der Waals surface area contributed by atoms with Gasteiger partial charge in [-0.25, -0.2) is 0 Å². The first-order valence-corrected chi connectivity index (χ1v) is 5.09. The Kier molecular flexibility index (Phi) is 2.03. The Morgan fingerprint density at radius 1 is 1.23 bits per heavy atom. The summed E-state index contributed by atoms with van der Waals surface area (Å²) in [5.41, 5.74) is 1.16. The van der Waals surface area contributed by atoms with Crippen LogP contribution in [-0.4, -0.2) is 16.5 Å². The van der Waals surface area contributed by atoms with E-state index >= 15 is 0 Å². The molecular formula is C11H16O2. The molecule has 0 saturated carbocycles. The number of hydrogen-bond acceptors (Lipinski definition) is 2. The molecule has 0 saturated heterocycles. The molecule has 0 amide bonds. The fourth-order valence-corrected chi connectivity index (χ4v) is 2.51. The van der Waals surface area contributed by atoms with E-state index in [1.165, 1.54) is 6.42 Å². The van der Waals surface area contributed by atoms with Crippen LogP contribution in [0.15, 0.2) is 11.1 Å². The van der Waals surface area contributed by atoms with E-state index in [-0.39, 0.29) is 5.78 Å². The summed E-state index contributed by atoms with van der Waals surface area (Å²) in [4.78, 5) is 11.6. The Balaban J connectivity index is 2.36. The average Bonchev–Trinajstić information content (AvgIpc) is 2.28. The summed E-state index contributed by atoms with van der Waals surface area (Å²) in [5.74, 6) is 0.182. The van der Waals surface area contributed by atoms with Gasteiger partial charge >= 0.3 is 0 Å². The zero-order chi connectivity index (χ0) is 9.47. The lowest BCUT2D eigenvalue weighted by Gasteiger charge is -2.19. The number of hydrogen-bond donors (Lipinski definition) is 1. The highest BCUT2D eigenvalue weighted by atomic mass is 16.3. The van der Waals surface area contributed by atoms with E-state index < -0.39 is 5.60 Å². The van der Waals surface area contributed by atoms with E-state index in [1.807, 2.05) is 0 Å². The minimum Gasteiger partial charge on any atom is -0.385 e. The van der Waals surface area contributed by atoms with Gasteiger partial charge in [0.1, 0.15) is 0 Å². The maximum Gasteiger partial charge on any atom is 0.162 e. The third-order valence-electron chi connectivity index (χ3n) is 3.21. The molecule has 2 aliphatic rings. The number of carbonyl (C=O) groups excluding carboxylic acids is 1. The van der Waals surface area contributed by atoms with Crippen LogP contribution in [0.3, 0.4) is 0 Å². The summed E-state index contributed by atoms with van der Waals surface area (Å²) >= 11 is 0. The van der Waals surface area contributed by atoms with Crippen molar-refractivity contribution in [2.75, 3.05) is 0 Å². The molecule has 2 rings (SSSR count). The van der Waals surface area contributed by atoms with Gasteiger partial charge in [0.15, 0.2) is 5.78 Å². The molecule has 0 heterocycles. The number of Topliss-reactive ketones (excluding diaryl/α,β-unsaturated/α-hetero) is 1. The SMILES string of the molecule is CC1(O)CC(=O)C2=C1CCCCC2. The maximum atomic E-state index is 11.6. The Morgan fingerprint density at radius 3 is 2.69 bits per heavy atom. The number of rotatable bonds is 0. The van der Waals surface area contributed by atoms with Crippen LogP contribution in [0.4, 0.5) is 0 Å². The van der Waals surface area contributed by atoms with Gasteiger partial charge in [-0.1, -0.05) is 6.42 Å². The third-order valence-corrected chi connectivity index (χ3v) is 3.21. The van der Waals surface area contributed by atoms with Gasteiger partial charge in [0.05, 0.1) is 5.60 Å². The van der Waals surface area contributed by atoms with Crippen molar-refractivity contribution in [3.05, 3.63) is 11.1 Å². The van der Waals surface area contributed by atoms with Gasteiger partial charge in [-0.15, -0.1) is 0 Å². The van der Waals surface area contributed by atoms with Crippen molar-refractivity contribution in [2.24, 2.45) is 0 Å². The highest BCUT2D eigenvalue weighted by molar-refractivity contribution is 6.00. The molecule has 0 spiro atoms. The monoisotopic (exact) mass is 180 g/mol. The highest BCUT2D eigenvalue weighted by Crippen LogP contribution is 2.40. The fourth-order valence-electron chi connectivity index (χ4n) is 2.51. The molecule has 2 heteroatoms. The zero-order valence-electron chi connectivity index (χ0n) is 8.10. The molecule has 2 aliphatic carbocycles. The van der Waals surface area contributed by atoms with Gasteiger partial charge in [0, 0.05) is 6.42 Å². The molecule has 1 atom stereocenters. The molecule has 0 aromatic carbocycles. The fraction of sp³-hybridized carbons (Fsp3) is 0.727. The normalized spacial score (nSPS) is 34.8. The van der Waals surface area contributed by atoms with Crippen LogP contribution in [0.5, 0.6) is 0 Å². The molecule has 13 heavy (non-hydrogen) atoms. The van der Waals surface area contributed by atoms with E-state index in [4.69, 9.17) is 0 Å². The summed E-state index contributed by atoms with van der Waals surface area (Å²) in [6, 6.07) is 0. The second-order valence-electron chi connectivity index (χ2n) is 4.39. The van der Waals surface area contributed by atoms with Crippen LogP contribution < -0.4 is 0 Å². The molecule has 0 aliphatic heterocycles. The molecule has 2 nitrogen and oxygen atoms in total. The standard InChI is InChI=1S/C11H16O2/c1-11(13)7-10(12)8-5-3-2-4-6-9(8)11/h13H,2-7H2,1H3. The topological polar surface area (TPSA) is 37.3 Å². The average molecular weight is 180 g/mol. The van der Waals surface area contributed by atoms with Crippen LogP contribution in [0, 0.1) is 0 Å². The van der Waals surface area contributed by atoms with Crippen molar-refractivity contribution in [3.63, 3.8) is 0 Å². The number of carbonyl (C=O) groups is 1. The van der Waals surface area contributed by atoms with Gasteiger partial charge in [-0.05, 0) is 43.8 Å². The smallest absolute Gasteiger partial charge is 0.162 e. The second-order valence-corrected chi connectivity index (χ2v) is 4.39. The lowest BCUT2D eigenvalue weighted by molar-refractivity contribution is -0.117. The Morgan fingerprint density at radius 2 is 1.92 bits per heavy atom. The molecule has 72 valence electrons. The van der Waals surface area contributed by atoms with Crippen LogP contribution in [-0.2, 0) is 4.79 Å². The van der Waals surface area contributed by atoms with E-state index in [2.05, 4.69) is 0 Å². The van der Waals surface area contributed by atoms with Gasteiger partial charge in [0.25, 0.3) is 0 Å². The molecule has 1 N–H and O–H groups in total. The van der Waals surface area contributed by atoms with Crippen molar-refractivity contribution in [2.45, 2.75) is 51.0 Å². The summed E-state index contributed by atoms with van der Waals surface area (Å²) in [7, 11) is 0. The largest absolute Gasteiger partial charge is 0.385 e. The first-order chi connectivity index (χ1) is 6.11. The summed E-state index contributed by atoms with van der Waals surface area (Å²) < 4.78 is 0. The maximum absolute atomic E-state index is 11.6. The molecule has 0 fully saturated rings. The first-order valence-electron chi connectivity index (χ1n) is 5.09. The molecule has 0 bridgehead atoms. The molecule has 1 unspecified atom stereocenters. The number of allylic oxidation sites excluding steroid dienone is 1. The molecule has 0 aromatic heterocycles. The van der Waals surface area contributed by atoms with Crippen molar-refractivity contribution < 1.29 is 9.90 Å². The van der Waals surface area contributed by atoms with Gasteiger partial charge < -0.3 is 5.11 Å². The van der Waals surface area contributed by atoms with Crippen LogP contribution in [0.1, 0.15) is 45.4 Å². The Hall–Kier alpha value is -0.630. The summed E-state index contributed by atoms with van der Waals surface area (Å²) in [6.45, 7) is 1.78. The summed E-state index contributed by atoms with van der Waals surface area (Å²) in [5, 5.41) is 10.0. The molecule has 0 radical (unpaired) electrons. The van der Waals surface area contributed by atoms with Crippen molar-refractivity contribution in [1.82, 2.24) is 0 Å². The predicted octanol–water partition coefficient (Wildman–Crippen LogP) is 1.97. The quantitative estimate of drug-likeness (QED) is 0.618. The van der Waals surface area contributed by atoms with E-state index in [1.54, 1.807) is 6.92 Å². The lowest BCUT2D eigenvalue weighted by atomic mass is 9.94. The van der Waals surface area contributed by atoms with Gasteiger partial charge in [-0.2, -0.15) is 0 Å². The van der Waals surface area contributed by atoms with Crippen molar-refractivity contribution in [3.8, 4) is 0 Å². The van der Waals surface area contributed by atoms with Crippen LogP contribution >= 0.6 is 0 Å². The Labute approximate surface area is 78.6 Å². The highest BCUT2D eigenvalue weighted by Gasteiger charge is 2.39. The van der Waals surface area contributed by atoms with Crippen molar-refractivity contribution >= 4 is 5.78 Å². The minimum atomic E-state index is -0.823. The summed E-state index contributed by atoms with van der Waals surface area (Å²) in [6.07, 6.45) is 5.56. The Bertz CT molecular complexity index is 274. The second kappa shape index (κ2) is 2.95. The van der Waals surface area contributed by atoms with Crippen LogP contribution in [0.2, 0.25) is 0 Å².